The van der Waals surface area contributed by atoms with Crippen LogP contribution in [0.5, 0.6) is 0 Å². The number of pyridine rings is 1. The van der Waals surface area contributed by atoms with Gasteiger partial charge in [0.05, 0.1) is 5.56 Å². The number of aryl methyl sites for hydroxylation is 2. The maximum absolute atomic E-state index is 12.1. The average molecular weight is 365 g/mol. The van der Waals surface area contributed by atoms with Crippen molar-refractivity contribution in [1.82, 2.24) is 14.5 Å². The van der Waals surface area contributed by atoms with Crippen LogP contribution in [-0.2, 0) is 19.4 Å². The molecule has 1 unspecified atom stereocenters. The number of carbonyl (C=O) groups excluding carboxylic acids is 1. The molecule has 2 fully saturated rings. The molecule has 2 aromatic rings. The van der Waals surface area contributed by atoms with E-state index in [1.54, 1.807) is 0 Å². The summed E-state index contributed by atoms with van der Waals surface area (Å²) in [5, 5.41) is 0. The van der Waals surface area contributed by atoms with Crippen LogP contribution in [0.4, 0.5) is 5.82 Å². The first kappa shape index (κ1) is 16.8. The first-order valence-corrected chi connectivity index (χ1v) is 10.3. The van der Waals surface area contributed by atoms with Crippen molar-refractivity contribution in [1.29, 1.82) is 0 Å². The van der Waals surface area contributed by atoms with Crippen LogP contribution in [0.3, 0.4) is 0 Å². The third-order valence-electron chi connectivity index (χ3n) is 6.28. The van der Waals surface area contributed by atoms with Crippen LogP contribution >= 0.6 is 0 Å². The van der Waals surface area contributed by atoms with Gasteiger partial charge < -0.3 is 15.2 Å². The Labute approximate surface area is 159 Å². The zero-order chi connectivity index (χ0) is 18.4. The Bertz CT molecular complexity index is 869. The Morgan fingerprint density at radius 1 is 1.22 bits per heavy atom. The zero-order valence-corrected chi connectivity index (χ0v) is 15.7. The fraction of sp³-hybridized carbons (Fsp3) is 0.571. The third-order valence-corrected chi connectivity index (χ3v) is 6.28. The van der Waals surface area contributed by atoms with Crippen molar-refractivity contribution in [2.75, 3.05) is 18.0 Å². The second-order valence-electron chi connectivity index (χ2n) is 8.35. The number of nitrogens with zero attached hydrogens (tertiary/aromatic N) is 4. The van der Waals surface area contributed by atoms with E-state index in [4.69, 9.17) is 10.7 Å². The molecule has 1 aliphatic heterocycles. The highest BCUT2D eigenvalue weighted by atomic mass is 16.1. The van der Waals surface area contributed by atoms with Gasteiger partial charge in [0.25, 0.3) is 5.91 Å². The molecular formula is C21H27N5O. The van der Waals surface area contributed by atoms with Crippen LogP contribution < -0.4 is 10.6 Å². The quantitative estimate of drug-likeness (QED) is 0.884. The van der Waals surface area contributed by atoms with Gasteiger partial charge in [0.2, 0.25) is 0 Å². The lowest BCUT2D eigenvalue weighted by Gasteiger charge is -2.34. The van der Waals surface area contributed by atoms with E-state index in [1.807, 2.05) is 12.3 Å². The summed E-state index contributed by atoms with van der Waals surface area (Å²) < 4.78 is 2.34. The van der Waals surface area contributed by atoms with Crippen LogP contribution in [0.25, 0.3) is 0 Å². The van der Waals surface area contributed by atoms with Crippen molar-refractivity contribution < 1.29 is 4.79 Å². The van der Waals surface area contributed by atoms with Gasteiger partial charge >= 0.3 is 0 Å². The molecule has 0 aromatic carbocycles. The first-order valence-electron chi connectivity index (χ1n) is 10.3. The van der Waals surface area contributed by atoms with E-state index in [-0.39, 0.29) is 5.91 Å². The molecule has 6 nitrogen and oxygen atoms in total. The molecule has 0 spiro atoms. The van der Waals surface area contributed by atoms with Crippen molar-refractivity contribution in [2.24, 2.45) is 11.7 Å². The lowest BCUT2D eigenvalue weighted by Crippen LogP contribution is -2.37. The number of rotatable bonds is 5. The Hall–Kier alpha value is -2.37. The summed E-state index contributed by atoms with van der Waals surface area (Å²) in [5.41, 5.74) is 8.63. The summed E-state index contributed by atoms with van der Waals surface area (Å²) >= 11 is 0. The SMILES string of the molecule is NC(=O)c1cc2c(nc1N1CCCC(c3nccn3CC3CC3)C1)CCC2. The van der Waals surface area contributed by atoms with Crippen molar-refractivity contribution in [3.63, 3.8) is 0 Å². The van der Waals surface area contributed by atoms with Crippen molar-refractivity contribution >= 4 is 11.7 Å². The second-order valence-corrected chi connectivity index (χ2v) is 8.35. The van der Waals surface area contributed by atoms with Crippen LogP contribution in [0.15, 0.2) is 18.5 Å². The molecule has 27 heavy (non-hydrogen) atoms. The number of imidazole rings is 1. The molecule has 0 bridgehead atoms. The van der Waals surface area contributed by atoms with Gasteiger partial charge in [0, 0.05) is 43.6 Å². The largest absolute Gasteiger partial charge is 0.365 e. The van der Waals surface area contributed by atoms with Crippen molar-refractivity contribution in [3.05, 3.63) is 41.1 Å². The molecule has 2 aliphatic carbocycles. The number of anilines is 1. The minimum Gasteiger partial charge on any atom is -0.365 e. The fourth-order valence-corrected chi connectivity index (χ4v) is 4.68. The van der Waals surface area contributed by atoms with Gasteiger partial charge in [-0.1, -0.05) is 0 Å². The van der Waals surface area contributed by atoms with E-state index in [0.29, 0.717) is 11.5 Å². The van der Waals surface area contributed by atoms with E-state index in [0.717, 1.165) is 69.2 Å². The second kappa shape index (κ2) is 6.66. The minimum atomic E-state index is -0.371. The number of amides is 1. The molecule has 1 saturated carbocycles. The normalized spacial score (nSPS) is 22.1. The highest BCUT2D eigenvalue weighted by Gasteiger charge is 2.30. The number of hydrogen-bond acceptors (Lipinski definition) is 4. The van der Waals surface area contributed by atoms with Gasteiger partial charge in [0.15, 0.2) is 0 Å². The standard InChI is InChI=1S/C21H27N5O/c22-19(27)17-11-15-3-1-5-18(15)24-21(17)25-9-2-4-16(13-25)20-23-8-10-26(20)12-14-6-7-14/h8,10-11,14,16H,1-7,9,12-13H2,(H2,22,27). The summed E-state index contributed by atoms with van der Waals surface area (Å²) in [6.45, 7) is 2.87. The Morgan fingerprint density at radius 2 is 2.11 bits per heavy atom. The molecule has 2 aromatic heterocycles. The maximum atomic E-state index is 12.1. The summed E-state index contributed by atoms with van der Waals surface area (Å²) in [6.07, 6.45) is 12.1. The van der Waals surface area contributed by atoms with E-state index in [1.165, 1.54) is 24.2 Å². The molecule has 2 N–H and O–H groups in total. The highest BCUT2D eigenvalue weighted by molar-refractivity contribution is 5.98. The Kier molecular flexibility index (Phi) is 4.14. The number of piperidine rings is 1. The topological polar surface area (TPSA) is 77.0 Å². The van der Waals surface area contributed by atoms with E-state index in [9.17, 15) is 4.79 Å². The van der Waals surface area contributed by atoms with E-state index in [2.05, 4.69) is 20.6 Å². The molecular weight excluding hydrogens is 338 g/mol. The summed E-state index contributed by atoms with van der Waals surface area (Å²) in [4.78, 5) is 23.9. The lowest BCUT2D eigenvalue weighted by atomic mass is 9.96. The summed E-state index contributed by atoms with van der Waals surface area (Å²) in [6, 6.07) is 1.99. The van der Waals surface area contributed by atoms with E-state index >= 15 is 0 Å². The molecule has 1 saturated heterocycles. The first-order chi connectivity index (χ1) is 13.2. The van der Waals surface area contributed by atoms with Crippen LogP contribution in [0, 0.1) is 5.92 Å². The van der Waals surface area contributed by atoms with Gasteiger partial charge in [0.1, 0.15) is 11.6 Å². The lowest BCUT2D eigenvalue weighted by molar-refractivity contribution is 0.1000. The van der Waals surface area contributed by atoms with Crippen LogP contribution in [0.1, 0.15) is 65.5 Å². The van der Waals surface area contributed by atoms with Gasteiger partial charge in [-0.05, 0) is 62.5 Å². The predicted octanol–water partition coefficient (Wildman–Crippen LogP) is 2.66. The Balaban J connectivity index is 1.43. The maximum Gasteiger partial charge on any atom is 0.252 e. The van der Waals surface area contributed by atoms with Gasteiger partial charge in [-0.25, -0.2) is 9.97 Å². The number of primary amides is 1. The highest BCUT2D eigenvalue weighted by Crippen LogP contribution is 2.35. The number of carbonyl (C=O) groups is 1. The Morgan fingerprint density at radius 3 is 2.93 bits per heavy atom. The average Bonchev–Trinajstić information content (AvgIpc) is 3.17. The van der Waals surface area contributed by atoms with Crippen molar-refractivity contribution in [3.8, 4) is 0 Å². The predicted molar refractivity (Wildman–Crippen MR) is 104 cm³/mol. The van der Waals surface area contributed by atoms with Crippen LogP contribution in [0.2, 0.25) is 0 Å². The number of fused-ring (bicyclic) bond motifs is 1. The molecule has 3 heterocycles. The smallest absolute Gasteiger partial charge is 0.252 e. The van der Waals surface area contributed by atoms with Gasteiger partial charge in [-0.15, -0.1) is 0 Å². The fourth-order valence-electron chi connectivity index (χ4n) is 4.68. The summed E-state index contributed by atoms with van der Waals surface area (Å²) in [5.74, 6) is 2.81. The molecule has 6 heteroatoms. The minimum absolute atomic E-state index is 0.371. The number of nitrogens with two attached hydrogens (primary N) is 1. The summed E-state index contributed by atoms with van der Waals surface area (Å²) in [7, 11) is 0. The van der Waals surface area contributed by atoms with Gasteiger partial charge in [-0.2, -0.15) is 0 Å². The molecule has 3 aliphatic rings. The molecule has 5 rings (SSSR count). The van der Waals surface area contributed by atoms with E-state index < -0.39 is 0 Å². The van der Waals surface area contributed by atoms with Crippen molar-refractivity contribution in [2.45, 2.75) is 57.4 Å². The molecule has 1 atom stereocenters. The number of aromatic nitrogens is 3. The molecule has 1 amide bonds. The molecule has 0 radical (unpaired) electrons. The van der Waals surface area contributed by atoms with Gasteiger partial charge in [-0.3, -0.25) is 4.79 Å². The number of hydrogen-bond donors (Lipinski definition) is 1. The zero-order valence-electron chi connectivity index (χ0n) is 15.7. The third kappa shape index (κ3) is 3.22. The molecule has 142 valence electrons. The monoisotopic (exact) mass is 365 g/mol. The van der Waals surface area contributed by atoms with Crippen LogP contribution in [-0.4, -0.2) is 33.5 Å².